The molecular formula is C12H23NO. The maximum atomic E-state index is 11.7. The summed E-state index contributed by atoms with van der Waals surface area (Å²) in [5, 5.41) is 0. The summed E-state index contributed by atoms with van der Waals surface area (Å²) >= 11 is 0. The summed E-state index contributed by atoms with van der Waals surface area (Å²) in [5.41, 5.74) is 0. The van der Waals surface area contributed by atoms with Gasteiger partial charge < -0.3 is 4.90 Å². The molecule has 0 N–H and O–H groups in total. The average Bonchev–Trinajstić information content (AvgIpc) is 2.18. The number of nitrogens with zero attached hydrogens (tertiary/aromatic N) is 1. The second-order valence-electron chi connectivity index (χ2n) is 3.64. The van der Waals surface area contributed by atoms with E-state index in [1.165, 1.54) is 0 Å². The number of unbranched alkanes of at least 4 members (excludes halogenated alkanes) is 1. The predicted octanol–water partition coefficient (Wildman–Crippen LogP) is 2.99. The molecule has 2 nitrogen and oxygen atoms in total. The van der Waals surface area contributed by atoms with Gasteiger partial charge in [0.2, 0.25) is 5.91 Å². The molecule has 0 aliphatic rings. The van der Waals surface area contributed by atoms with Crippen molar-refractivity contribution in [3.05, 3.63) is 12.2 Å². The fourth-order valence-electron chi connectivity index (χ4n) is 1.33. The molecule has 0 spiro atoms. The molecule has 0 radical (unpaired) electrons. The lowest BCUT2D eigenvalue weighted by Crippen LogP contribution is -2.37. The zero-order valence-electron chi connectivity index (χ0n) is 9.92. The van der Waals surface area contributed by atoms with Gasteiger partial charge >= 0.3 is 0 Å². The van der Waals surface area contributed by atoms with Crippen molar-refractivity contribution < 1.29 is 4.79 Å². The first-order chi connectivity index (χ1) is 6.67. The number of hydrogen-bond donors (Lipinski definition) is 0. The number of rotatable bonds is 6. The molecule has 0 heterocycles. The number of carbonyl (C=O) groups is 1. The third-order valence-corrected chi connectivity index (χ3v) is 2.47. The van der Waals surface area contributed by atoms with E-state index in [1.807, 2.05) is 17.9 Å². The SMILES string of the molecule is CC=CC(=O)N(CCCC)C(C)CC. The van der Waals surface area contributed by atoms with Gasteiger partial charge in [0.1, 0.15) is 0 Å². The summed E-state index contributed by atoms with van der Waals surface area (Å²) < 4.78 is 0. The molecule has 2 heteroatoms. The van der Waals surface area contributed by atoms with Gasteiger partial charge in [0.15, 0.2) is 0 Å². The van der Waals surface area contributed by atoms with E-state index in [2.05, 4.69) is 20.8 Å². The summed E-state index contributed by atoms with van der Waals surface area (Å²) in [6.45, 7) is 9.14. The normalized spacial score (nSPS) is 13.1. The highest BCUT2D eigenvalue weighted by molar-refractivity contribution is 5.87. The molecule has 0 bridgehead atoms. The minimum atomic E-state index is 0.148. The second kappa shape index (κ2) is 7.60. The van der Waals surface area contributed by atoms with Crippen LogP contribution >= 0.6 is 0 Å². The van der Waals surface area contributed by atoms with Gasteiger partial charge in [-0.05, 0) is 32.8 Å². The molecule has 1 amide bonds. The minimum Gasteiger partial charge on any atom is -0.336 e. The number of carbonyl (C=O) groups excluding carboxylic acids is 1. The molecule has 0 saturated heterocycles. The lowest BCUT2D eigenvalue weighted by Gasteiger charge is -2.27. The van der Waals surface area contributed by atoms with E-state index >= 15 is 0 Å². The van der Waals surface area contributed by atoms with E-state index in [0.717, 1.165) is 25.8 Å². The van der Waals surface area contributed by atoms with Crippen molar-refractivity contribution in [1.29, 1.82) is 0 Å². The van der Waals surface area contributed by atoms with E-state index in [0.29, 0.717) is 6.04 Å². The highest BCUT2D eigenvalue weighted by Crippen LogP contribution is 2.06. The lowest BCUT2D eigenvalue weighted by atomic mass is 10.2. The van der Waals surface area contributed by atoms with E-state index in [4.69, 9.17) is 0 Å². The van der Waals surface area contributed by atoms with E-state index in [-0.39, 0.29) is 5.91 Å². The second-order valence-corrected chi connectivity index (χ2v) is 3.64. The molecule has 0 fully saturated rings. The first-order valence-corrected chi connectivity index (χ1v) is 5.60. The Morgan fingerprint density at radius 1 is 1.43 bits per heavy atom. The summed E-state index contributed by atoms with van der Waals surface area (Å²) in [5.74, 6) is 0.148. The number of hydrogen-bond acceptors (Lipinski definition) is 1. The third-order valence-electron chi connectivity index (χ3n) is 2.47. The summed E-state index contributed by atoms with van der Waals surface area (Å²) in [4.78, 5) is 13.7. The Kier molecular flexibility index (Phi) is 7.17. The standard InChI is InChI=1S/C12H23NO/c1-5-8-10-13(11(4)7-3)12(14)9-6-2/h6,9,11H,5,7-8,10H2,1-4H3. The van der Waals surface area contributed by atoms with Crippen LogP contribution in [0.2, 0.25) is 0 Å². The van der Waals surface area contributed by atoms with Crippen molar-refractivity contribution in [3.8, 4) is 0 Å². The zero-order chi connectivity index (χ0) is 11.0. The summed E-state index contributed by atoms with van der Waals surface area (Å²) in [6, 6.07) is 0.352. The van der Waals surface area contributed by atoms with Crippen molar-refractivity contribution in [2.45, 2.75) is 53.0 Å². The van der Waals surface area contributed by atoms with Crippen LogP contribution in [0, 0.1) is 0 Å². The monoisotopic (exact) mass is 197 g/mol. The van der Waals surface area contributed by atoms with Gasteiger partial charge in [-0.3, -0.25) is 4.79 Å². The van der Waals surface area contributed by atoms with Crippen LogP contribution in [0.15, 0.2) is 12.2 Å². The summed E-state index contributed by atoms with van der Waals surface area (Å²) in [6.07, 6.45) is 6.71. The van der Waals surface area contributed by atoms with Crippen LogP contribution in [-0.2, 0) is 4.79 Å². The first kappa shape index (κ1) is 13.2. The highest BCUT2D eigenvalue weighted by atomic mass is 16.2. The van der Waals surface area contributed by atoms with Gasteiger partial charge in [0, 0.05) is 12.6 Å². The number of amides is 1. The van der Waals surface area contributed by atoms with Crippen molar-refractivity contribution in [2.24, 2.45) is 0 Å². The molecular weight excluding hydrogens is 174 g/mol. The third kappa shape index (κ3) is 4.45. The van der Waals surface area contributed by atoms with Gasteiger partial charge in [-0.25, -0.2) is 0 Å². The van der Waals surface area contributed by atoms with Crippen molar-refractivity contribution >= 4 is 5.91 Å². The van der Waals surface area contributed by atoms with E-state index in [9.17, 15) is 4.79 Å². The van der Waals surface area contributed by atoms with Crippen LogP contribution < -0.4 is 0 Å². The van der Waals surface area contributed by atoms with Gasteiger partial charge in [0.05, 0.1) is 0 Å². The fourth-order valence-corrected chi connectivity index (χ4v) is 1.33. The Balaban J connectivity index is 4.29. The van der Waals surface area contributed by atoms with Crippen LogP contribution in [0.4, 0.5) is 0 Å². The maximum Gasteiger partial charge on any atom is 0.246 e. The zero-order valence-corrected chi connectivity index (χ0v) is 9.92. The van der Waals surface area contributed by atoms with Crippen LogP contribution in [0.3, 0.4) is 0 Å². The molecule has 1 unspecified atom stereocenters. The predicted molar refractivity (Wildman–Crippen MR) is 61.2 cm³/mol. The Morgan fingerprint density at radius 2 is 2.07 bits per heavy atom. The van der Waals surface area contributed by atoms with Crippen molar-refractivity contribution in [2.75, 3.05) is 6.54 Å². The Hall–Kier alpha value is -0.790. The highest BCUT2D eigenvalue weighted by Gasteiger charge is 2.15. The van der Waals surface area contributed by atoms with Crippen LogP contribution in [-0.4, -0.2) is 23.4 Å². The fraction of sp³-hybridized carbons (Fsp3) is 0.750. The molecule has 1 atom stereocenters. The maximum absolute atomic E-state index is 11.7. The van der Waals surface area contributed by atoms with Crippen LogP contribution in [0.1, 0.15) is 47.0 Å². The van der Waals surface area contributed by atoms with Gasteiger partial charge in [-0.1, -0.05) is 26.3 Å². The van der Waals surface area contributed by atoms with E-state index in [1.54, 1.807) is 6.08 Å². The van der Waals surface area contributed by atoms with Gasteiger partial charge in [-0.2, -0.15) is 0 Å². The largest absolute Gasteiger partial charge is 0.336 e. The van der Waals surface area contributed by atoms with Gasteiger partial charge in [0.25, 0.3) is 0 Å². The topological polar surface area (TPSA) is 20.3 Å². The molecule has 0 aromatic carbocycles. The first-order valence-electron chi connectivity index (χ1n) is 5.60. The molecule has 0 aromatic rings. The Bertz CT molecular complexity index is 187. The molecule has 82 valence electrons. The smallest absolute Gasteiger partial charge is 0.246 e. The summed E-state index contributed by atoms with van der Waals surface area (Å²) in [7, 11) is 0. The van der Waals surface area contributed by atoms with Crippen LogP contribution in [0.25, 0.3) is 0 Å². The Labute approximate surface area is 88.0 Å². The number of allylic oxidation sites excluding steroid dienone is 1. The molecule has 0 aliphatic heterocycles. The quantitative estimate of drug-likeness (QED) is 0.599. The van der Waals surface area contributed by atoms with E-state index < -0.39 is 0 Å². The Morgan fingerprint density at radius 3 is 2.50 bits per heavy atom. The van der Waals surface area contributed by atoms with Gasteiger partial charge in [-0.15, -0.1) is 0 Å². The molecule has 14 heavy (non-hydrogen) atoms. The lowest BCUT2D eigenvalue weighted by molar-refractivity contribution is -0.128. The molecule has 0 aromatic heterocycles. The van der Waals surface area contributed by atoms with Crippen molar-refractivity contribution in [3.63, 3.8) is 0 Å². The van der Waals surface area contributed by atoms with Crippen molar-refractivity contribution in [1.82, 2.24) is 4.90 Å². The molecule has 0 aliphatic carbocycles. The molecule has 0 rings (SSSR count). The minimum absolute atomic E-state index is 0.148. The van der Waals surface area contributed by atoms with Crippen LogP contribution in [0.5, 0.6) is 0 Å². The average molecular weight is 197 g/mol. The molecule has 0 saturated carbocycles.